The number of rotatable bonds is 7. The van der Waals surface area contributed by atoms with Gasteiger partial charge in [-0.25, -0.2) is 0 Å². The van der Waals surface area contributed by atoms with Crippen molar-refractivity contribution in [3.8, 4) is 6.07 Å². The lowest BCUT2D eigenvalue weighted by Gasteiger charge is -2.25. The molecule has 14 heavy (non-hydrogen) atoms. The molecule has 1 fully saturated rings. The van der Waals surface area contributed by atoms with Crippen molar-refractivity contribution in [2.75, 3.05) is 20.3 Å². The summed E-state index contributed by atoms with van der Waals surface area (Å²) < 4.78 is 5.54. The highest BCUT2D eigenvalue weighted by Crippen LogP contribution is 2.39. The molecule has 0 aliphatic heterocycles. The molecule has 0 radical (unpaired) electrons. The van der Waals surface area contributed by atoms with Gasteiger partial charge in [0.05, 0.1) is 12.7 Å². The van der Waals surface area contributed by atoms with Crippen LogP contribution in [0.3, 0.4) is 0 Å². The van der Waals surface area contributed by atoms with Gasteiger partial charge in [-0.2, -0.15) is 5.26 Å². The Morgan fingerprint density at radius 3 is 2.71 bits per heavy atom. The lowest BCUT2D eigenvalue weighted by molar-refractivity contribution is 0.0820. The molecule has 0 spiro atoms. The number of unbranched alkanes of at least 4 members (excludes halogenated alkanes) is 1. The largest absolute Gasteiger partial charge is 0.378 e. The van der Waals surface area contributed by atoms with E-state index in [9.17, 15) is 0 Å². The number of nitrogens with one attached hydrogen (secondary N) is 1. The topological polar surface area (TPSA) is 45.0 Å². The Morgan fingerprint density at radius 2 is 2.29 bits per heavy atom. The summed E-state index contributed by atoms with van der Waals surface area (Å²) in [6.45, 7) is 3.44. The molecule has 1 rings (SSSR count). The minimum atomic E-state index is -0.423. The first kappa shape index (κ1) is 11.5. The van der Waals surface area contributed by atoms with Crippen LogP contribution in [0.25, 0.3) is 0 Å². The first-order valence-electron chi connectivity index (χ1n) is 5.47. The lowest BCUT2D eigenvalue weighted by atomic mass is 9.96. The summed E-state index contributed by atoms with van der Waals surface area (Å²) in [5.41, 5.74) is -0.423. The van der Waals surface area contributed by atoms with E-state index in [0.717, 1.165) is 32.3 Å². The zero-order valence-corrected chi connectivity index (χ0v) is 9.18. The summed E-state index contributed by atoms with van der Waals surface area (Å²) in [6.07, 6.45) is 4.54. The molecule has 3 nitrogen and oxygen atoms in total. The smallest absolute Gasteiger partial charge is 0.132 e. The zero-order chi connectivity index (χ0) is 10.4. The maximum Gasteiger partial charge on any atom is 0.132 e. The Morgan fingerprint density at radius 1 is 1.57 bits per heavy atom. The van der Waals surface area contributed by atoms with Crippen LogP contribution in [0.5, 0.6) is 0 Å². The Balaban J connectivity index is 2.32. The third kappa shape index (κ3) is 2.70. The van der Waals surface area contributed by atoms with Gasteiger partial charge in [-0.3, -0.25) is 0 Å². The van der Waals surface area contributed by atoms with Crippen LogP contribution < -0.4 is 5.32 Å². The van der Waals surface area contributed by atoms with E-state index >= 15 is 0 Å². The van der Waals surface area contributed by atoms with Gasteiger partial charge in [0, 0.05) is 6.61 Å². The van der Waals surface area contributed by atoms with E-state index in [2.05, 4.69) is 18.3 Å². The normalized spacial score (nSPS) is 20.1. The van der Waals surface area contributed by atoms with Gasteiger partial charge in [0.25, 0.3) is 0 Å². The van der Waals surface area contributed by atoms with E-state index in [0.29, 0.717) is 12.5 Å². The summed E-state index contributed by atoms with van der Waals surface area (Å²) in [5.74, 6) is 0.499. The second-order valence-electron chi connectivity index (χ2n) is 4.01. The van der Waals surface area contributed by atoms with Crippen molar-refractivity contribution in [3.05, 3.63) is 0 Å². The van der Waals surface area contributed by atoms with Gasteiger partial charge in [0.1, 0.15) is 5.54 Å². The van der Waals surface area contributed by atoms with Gasteiger partial charge in [-0.15, -0.1) is 0 Å². The number of nitriles is 1. The monoisotopic (exact) mass is 196 g/mol. The average Bonchev–Trinajstić information content (AvgIpc) is 3.03. The Hall–Kier alpha value is -0.590. The van der Waals surface area contributed by atoms with Crippen molar-refractivity contribution in [2.45, 2.75) is 38.1 Å². The molecular weight excluding hydrogens is 176 g/mol. The second-order valence-corrected chi connectivity index (χ2v) is 4.01. The van der Waals surface area contributed by atoms with Crippen LogP contribution in [0.2, 0.25) is 0 Å². The van der Waals surface area contributed by atoms with E-state index in [4.69, 9.17) is 10.00 Å². The SMILES string of the molecule is CCCCOCC(C#N)(NC)C1CC1. The standard InChI is InChI=1S/C11H20N2O/c1-3-4-7-14-9-11(8-12,13-2)10-5-6-10/h10,13H,3-7,9H2,1-2H3. The fourth-order valence-corrected chi connectivity index (χ4v) is 1.63. The minimum Gasteiger partial charge on any atom is -0.378 e. The molecule has 80 valence electrons. The molecule has 1 saturated carbocycles. The van der Waals surface area contributed by atoms with Crippen molar-refractivity contribution in [1.82, 2.24) is 5.32 Å². The van der Waals surface area contributed by atoms with E-state index < -0.39 is 5.54 Å². The molecule has 0 amide bonds. The Bertz CT molecular complexity index is 208. The maximum absolute atomic E-state index is 9.15. The fraction of sp³-hybridized carbons (Fsp3) is 0.909. The lowest BCUT2D eigenvalue weighted by Crippen LogP contribution is -2.48. The Kier molecular flexibility index (Phi) is 4.37. The predicted octanol–water partition coefficient (Wildman–Crippen LogP) is 1.69. The van der Waals surface area contributed by atoms with Gasteiger partial charge in [-0.1, -0.05) is 13.3 Å². The Labute approximate surface area is 86.4 Å². The van der Waals surface area contributed by atoms with Gasteiger partial charge in [0.2, 0.25) is 0 Å². The van der Waals surface area contributed by atoms with Gasteiger partial charge in [-0.05, 0) is 32.2 Å². The summed E-state index contributed by atoms with van der Waals surface area (Å²) in [4.78, 5) is 0. The molecule has 1 aliphatic rings. The molecule has 0 heterocycles. The first-order valence-corrected chi connectivity index (χ1v) is 5.47. The second kappa shape index (κ2) is 5.33. The number of hydrogen-bond acceptors (Lipinski definition) is 3. The van der Waals surface area contributed by atoms with E-state index in [1.807, 2.05) is 7.05 Å². The number of nitrogens with zero attached hydrogens (tertiary/aromatic N) is 1. The van der Waals surface area contributed by atoms with E-state index in [1.54, 1.807) is 0 Å². The highest BCUT2D eigenvalue weighted by atomic mass is 16.5. The summed E-state index contributed by atoms with van der Waals surface area (Å²) in [6, 6.07) is 2.37. The van der Waals surface area contributed by atoms with Crippen LogP contribution in [0.4, 0.5) is 0 Å². The van der Waals surface area contributed by atoms with E-state index in [-0.39, 0.29) is 0 Å². The molecule has 0 aromatic heterocycles. The third-order valence-corrected chi connectivity index (χ3v) is 2.89. The molecule has 0 aromatic carbocycles. The number of hydrogen-bond donors (Lipinski definition) is 1. The van der Waals surface area contributed by atoms with Gasteiger partial charge in [0.15, 0.2) is 0 Å². The first-order chi connectivity index (χ1) is 6.79. The molecule has 0 aromatic rings. The molecule has 0 saturated heterocycles. The van der Waals surface area contributed by atoms with Crippen LogP contribution in [0.1, 0.15) is 32.6 Å². The van der Waals surface area contributed by atoms with Crippen LogP contribution >= 0.6 is 0 Å². The summed E-state index contributed by atoms with van der Waals surface area (Å²) in [7, 11) is 1.85. The average molecular weight is 196 g/mol. The quantitative estimate of drug-likeness (QED) is 0.630. The molecule has 1 aliphatic carbocycles. The number of likely N-dealkylation sites (N-methyl/N-ethyl adjacent to an activating group) is 1. The highest BCUT2D eigenvalue weighted by molar-refractivity contribution is 5.14. The van der Waals surface area contributed by atoms with E-state index in [1.165, 1.54) is 0 Å². The van der Waals surface area contributed by atoms with Crippen LogP contribution in [-0.2, 0) is 4.74 Å². The zero-order valence-electron chi connectivity index (χ0n) is 9.18. The van der Waals surface area contributed by atoms with Gasteiger partial charge < -0.3 is 10.1 Å². The van der Waals surface area contributed by atoms with Crippen molar-refractivity contribution < 1.29 is 4.74 Å². The minimum absolute atomic E-state index is 0.423. The van der Waals surface area contributed by atoms with Crippen LogP contribution in [0.15, 0.2) is 0 Å². The molecule has 1 atom stereocenters. The predicted molar refractivity (Wildman–Crippen MR) is 55.9 cm³/mol. The summed E-state index contributed by atoms with van der Waals surface area (Å²) >= 11 is 0. The van der Waals surface area contributed by atoms with Crippen molar-refractivity contribution in [2.24, 2.45) is 5.92 Å². The molecule has 0 bridgehead atoms. The van der Waals surface area contributed by atoms with Crippen molar-refractivity contribution >= 4 is 0 Å². The fourth-order valence-electron chi connectivity index (χ4n) is 1.63. The van der Waals surface area contributed by atoms with Crippen LogP contribution in [0, 0.1) is 17.2 Å². The maximum atomic E-state index is 9.15. The molecule has 1 unspecified atom stereocenters. The third-order valence-electron chi connectivity index (χ3n) is 2.89. The number of ether oxygens (including phenoxy) is 1. The van der Waals surface area contributed by atoms with Gasteiger partial charge >= 0.3 is 0 Å². The molecule has 3 heteroatoms. The molecule has 1 N–H and O–H groups in total. The summed E-state index contributed by atoms with van der Waals surface area (Å²) in [5, 5.41) is 12.3. The highest BCUT2D eigenvalue weighted by Gasteiger charge is 2.44. The van der Waals surface area contributed by atoms with Crippen LogP contribution in [-0.4, -0.2) is 25.8 Å². The van der Waals surface area contributed by atoms with Crippen molar-refractivity contribution in [1.29, 1.82) is 5.26 Å². The molecular formula is C11H20N2O. The van der Waals surface area contributed by atoms with Crippen molar-refractivity contribution in [3.63, 3.8) is 0 Å².